The second-order valence-corrected chi connectivity index (χ2v) is 9.99. The van der Waals surface area contributed by atoms with Crippen molar-refractivity contribution >= 4 is 29.5 Å². The largest absolute Gasteiger partial charge is 0.508 e. The molecule has 3 amide bonds. The second kappa shape index (κ2) is 14.5. The predicted molar refractivity (Wildman–Crippen MR) is 144 cm³/mol. The Kier molecular flexibility index (Phi) is 11.8. The molecular formula is C27H38N4O4S. The summed E-state index contributed by atoms with van der Waals surface area (Å²) in [5.74, 6) is -0.824. The number of carbonyl (C=O) groups excluding carboxylic acids is 3. The second-order valence-electron chi connectivity index (χ2n) is 9.00. The van der Waals surface area contributed by atoms with Gasteiger partial charge in [-0.25, -0.2) is 0 Å². The van der Waals surface area contributed by atoms with Gasteiger partial charge in [0, 0.05) is 13.0 Å². The lowest BCUT2D eigenvalue weighted by molar-refractivity contribution is -0.145. The van der Waals surface area contributed by atoms with Crippen LogP contribution in [0, 0.1) is 5.92 Å². The molecule has 2 aromatic rings. The first kappa shape index (κ1) is 29.2. The van der Waals surface area contributed by atoms with Crippen LogP contribution < -0.4 is 16.8 Å². The van der Waals surface area contributed by atoms with E-state index >= 15 is 0 Å². The van der Waals surface area contributed by atoms with Crippen LogP contribution in [0.4, 0.5) is 0 Å². The maximum atomic E-state index is 14.1. The van der Waals surface area contributed by atoms with E-state index in [9.17, 15) is 19.5 Å². The summed E-state index contributed by atoms with van der Waals surface area (Å²) >= 11 is 1.59. The minimum absolute atomic E-state index is 0.0982. The maximum Gasteiger partial charge on any atom is 0.246 e. The van der Waals surface area contributed by atoms with Crippen molar-refractivity contribution in [1.29, 1.82) is 0 Å². The van der Waals surface area contributed by atoms with Crippen molar-refractivity contribution in [2.24, 2.45) is 17.4 Å². The van der Waals surface area contributed by atoms with Crippen LogP contribution >= 0.6 is 11.8 Å². The fourth-order valence-electron chi connectivity index (χ4n) is 3.98. The van der Waals surface area contributed by atoms with Gasteiger partial charge >= 0.3 is 0 Å². The molecule has 0 radical (unpaired) electrons. The summed E-state index contributed by atoms with van der Waals surface area (Å²) in [7, 11) is 0. The van der Waals surface area contributed by atoms with E-state index in [2.05, 4.69) is 5.32 Å². The average Bonchev–Trinajstić information content (AvgIpc) is 2.87. The lowest BCUT2D eigenvalue weighted by Crippen LogP contribution is -2.58. The fraction of sp³-hybridized carbons (Fsp3) is 0.444. The number of rotatable bonds is 14. The van der Waals surface area contributed by atoms with E-state index in [4.69, 9.17) is 11.5 Å². The Bertz CT molecular complexity index is 987. The standard InChI is InChI=1S/C27H38N4O4S/c1-4-18(2)24(25(29)33)31(17-20-8-6-5-7-9-20)27(35)23(16-19-10-12-21(32)13-11-19)30-26(34)22(28)14-15-36-3/h5-13,18,22-24,32H,4,14-17,28H2,1-3H3,(H2,29,33)(H,30,34). The molecule has 0 bridgehead atoms. The SMILES string of the molecule is CCC(C)C(C(N)=O)N(Cc1ccccc1)C(=O)C(Cc1ccc(O)cc1)NC(=O)C(N)CCSC. The lowest BCUT2D eigenvalue weighted by atomic mass is 9.94. The van der Waals surface area contributed by atoms with Crippen molar-refractivity contribution in [3.63, 3.8) is 0 Å². The molecule has 36 heavy (non-hydrogen) atoms. The van der Waals surface area contributed by atoms with Gasteiger partial charge in [0.05, 0.1) is 6.04 Å². The number of nitrogens with zero attached hydrogens (tertiary/aromatic N) is 1. The molecule has 0 aromatic heterocycles. The average molecular weight is 515 g/mol. The molecular weight excluding hydrogens is 476 g/mol. The molecule has 0 spiro atoms. The van der Waals surface area contributed by atoms with E-state index < -0.39 is 35.8 Å². The number of nitrogens with one attached hydrogen (secondary N) is 1. The summed E-state index contributed by atoms with van der Waals surface area (Å²) in [6.07, 6.45) is 3.21. The number of primary amides is 1. The zero-order valence-corrected chi connectivity index (χ0v) is 22.0. The van der Waals surface area contributed by atoms with Crippen LogP contribution in [0.25, 0.3) is 0 Å². The van der Waals surface area contributed by atoms with Crippen LogP contribution in [0.15, 0.2) is 54.6 Å². The van der Waals surface area contributed by atoms with Gasteiger partial charge in [0.15, 0.2) is 0 Å². The quantitative estimate of drug-likeness (QED) is 0.305. The normalized spacial score (nSPS) is 14.3. The molecule has 6 N–H and O–H groups in total. The highest BCUT2D eigenvalue weighted by Crippen LogP contribution is 2.21. The number of amides is 3. The van der Waals surface area contributed by atoms with Crippen LogP contribution in [0.3, 0.4) is 0 Å². The smallest absolute Gasteiger partial charge is 0.246 e. The number of carbonyl (C=O) groups is 3. The molecule has 2 aromatic carbocycles. The lowest BCUT2D eigenvalue weighted by Gasteiger charge is -2.36. The maximum absolute atomic E-state index is 14.1. The molecule has 0 aliphatic rings. The third-order valence-electron chi connectivity index (χ3n) is 6.25. The van der Waals surface area contributed by atoms with Gasteiger partial charge < -0.3 is 26.8 Å². The highest BCUT2D eigenvalue weighted by Gasteiger charge is 2.36. The van der Waals surface area contributed by atoms with Crippen molar-refractivity contribution in [1.82, 2.24) is 10.2 Å². The van der Waals surface area contributed by atoms with E-state index in [0.717, 1.165) is 11.1 Å². The molecule has 0 heterocycles. The topological polar surface area (TPSA) is 139 Å². The van der Waals surface area contributed by atoms with Gasteiger partial charge in [0.1, 0.15) is 17.8 Å². The first-order chi connectivity index (χ1) is 17.2. The molecule has 8 nitrogen and oxygen atoms in total. The molecule has 196 valence electrons. The zero-order chi connectivity index (χ0) is 26.7. The molecule has 4 unspecified atom stereocenters. The zero-order valence-electron chi connectivity index (χ0n) is 21.2. The van der Waals surface area contributed by atoms with Gasteiger partial charge in [0.25, 0.3) is 0 Å². The van der Waals surface area contributed by atoms with Crippen LogP contribution in [0.1, 0.15) is 37.8 Å². The van der Waals surface area contributed by atoms with Gasteiger partial charge in [0.2, 0.25) is 17.7 Å². The number of benzene rings is 2. The molecule has 9 heteroatoms. The summed E-state index contributed by atoms with van der Waals surface area (Å²) in [5, 5.41) is 12.5. The van der Waals surface area contributed by atoms with E-state index in [1.807, 2.05) is 50.4 Å². The highest BCUT2D eigenvalue weighted by atomic mass is 32.2. The van der Waals surface area contributed by atoms with Gasteiger partial charge in [-0.2, -0.15) is 11.8 Å². The Morgan fingerprint density at radius 2 is 1.69 bits per heavy atom. The number of phenolic OH excluding ortho intramolecular Hbond substituents is 1. The summed E-state index contributed by atoms with van der Waals surface area (Å²) in [5.41, 5.74) is 13.5. The van der Waals surface area contributed by atoms with Crippen molar-refractivity contribution in [3.8, 4) is 5.75 Å². The van der Waals surface area contributed by atoms with Crippen molar-refractivity contribution in [2.75, 3.05) is 12.0 Å². The van der Waals surface area contributed by atoms with Gasteiger partial charge in [-0.1, -0.05) is 62.7 Å². The van der Waals surface area contributed by atoms with Gasteiger partial charge in [-0.05, 0) is 47.6 Å². The van der Waals surface area contributed by atoms with Crippen molar-refractivity contribution < 1.29 is 19.5 Å². The van der Waals surface area contributed by atoms with Crippen LogP contribution in [0.5, 0.6) is 5.75 Å². The number of hydrogen-bond acceptors (Lipinski definition) is 6. The number of phenols is 1. The van der Waals surface area contributed by atoms with E-state index in [0.29, 0.717) is 18.6 Å². The number of aromatic hydroxyl groups is 1. The summed E-state index contributed by atoms with van der Waals surface area (Å²) < 4.78 is 0. The van der Waals surface area contributed by atoms with E-state index in [1.165, 1.54) is 17.0 Å². The first-order valence-electron chi connectivity index (χ1n) is 12.1. The van der Waals surface area contributed by atoms with Crippen LogP contribution in [0.2, 0.25) is 0 Å². The summed E-state index contributed by atoms with van der Waals surface area (Å²) in [4.78, 5) is 41.1. The highest BCUT2D eigenvalue weighted by molar-refractivity contribution is 7.98. The monoisotopic (exact) mass is 514 g/mol. The molecule has 0 saturated heterocycles. The number of hydrogen-bond donors (Lipinski definition) is 4. The minimum atomic E-state index is -0.975. The first-order valence-corrected chi connectivity index (χ1v) is 13.5. The molecule has 0 fully saturated rings. The molecule has 4 atom stereocenters. The van der Waals surface area contributed by atoms with Crippen LogP contribution in [-0.2, 0) is 27.3 Å². The van der Waals surface area contributed by atoms with Gasteiger partial charge in [-0.3, -0.25) is 14.4 Å². The summed E-state index contributed by atoms with van der Waals surface area (Å²) in [6, 6.07) is 13.2. The van der Waals surface area contributed by atoms with Crippen molar-refractivity contribution in [3.05, 3.63) is 65.7 Å². The third-order valence-corrected chi connectivity index (χ3v) is 6.89. The molecule has 0 aliphatic carbocycles. The van der Waals surface area contributed by atoms with Gasteiger partial charge in [-0.15, -0.1) is 0 Å². The summed E-state index contributed by atoms with van der Waals surface area (Å²) in [6.45, 7) is 3.98. The Morgan fingerprint density at radius 3 is 2.25 bits per heavy atom. The molecule has 0 saturated carbocycles. The number of thioether (sulfide) groups is 1. The van der Waals surface area contributed by atoms with Crippen molar-refractivity contribution in [2.45, 2.75) is 57.8 Å². The molecule has 2 rings (SSSR count). The Morgan fingerprint density at radius 1 is 1.06 bits per heavy atom. The van der Waals surface area contributed by atoms with E-state index in [-0.39, 0.29) is 24.6 Å². The Balaban J connectivity index is 2.45. The fourth-order valence-corrected chi connectivity index (χ4v) is 4.47. The predicted octanol–water partition coefficient (Wildman–Crippen LogP) is 2.43. The Hall–Kier alpha value is -3.04. The van der Waals surface area contributed by atoms with Crippen LogP contribution in [-0.4, -0.2) is 57.9 Å². The van der Waals surface area contributed by atoms with E-state index in [1.54, 1.807) is 23.9 Å². The third kappa shape index (κ3) is 8.57. The Labute approximate surface area is 217 Å². The molecule has 0 aliphatic heterocycles. The minimum Gasteiger partial charge on any atom is -0.508 e. The number of nitrogens with two attached hydrogens (primary N) is 2.